The Hall–Kier alpha value is -2.27. The van der Waals surface area contributed by atoms with Gasteiger partial charge in [-0.1, -0.05) is 48.5 Å². The number of hydrogen-bond donors (Lipinski definition) is 2. The zero-order valence-electron chi connectivity index (χ0n) is 12.5. The lowest BCUT2D eigenvalue weighted by molar-refractivity contribution is 0.140. The quantitative estimate of drug-likeness (QED) is 0.697. The van der Waals surface area contributed by atoms with Gasteiger partial charge in [0.05, 0.1) is 4.60 Å². The fraction of sp³-hybridized carbons (Fsp3) is 0.167. The Bertz CT molecular complexity index is 799. The predicted octanol–water partition coefficient (Wildman–Crippen LogP) is 4.40. The molecule has 23 heavy (non-hydrogen) atoms. The third-order valence-corrected chi connectivity index (χ3v) is 4.30. The van der Waals surface area contributed by atoms with E-state index in [4.69, 9.17) is 4.74 Å². The molecule has 1 heterocycles. The van der Waals surface area contributed by atoms with Gasteiger partial charge >= 0.3 is 6.09 Å². The molecule has 0 radical (unpaired) electrons. The van der Waals surface area contributed by atoms with Crippen LogP contribution in [0.4, 0.5) is 4.79 Å². The van der Waals surface area contributed by atoms with Gasteiger partial charge in [-0.2, -0.15) is 0 Å². The first-order chi connectivity index (χ1) is 11.2. The number of rotatable bonds is 5. The molecule has 2 aromatic carbocycles. The zero-order chi connectivity index (χ0) is 16.1. The van der Waals surface area contributed by atoms with Crippen LogP contribution in [0.1, 0.15) is 11.1 Å². The first-order valence-corrected chi connectivity index (χ1v) is 8.23. The van der Waals surface area contributed by atoms with Gasteiger partial charge < -0.3 is 15.0 Å². The molecule has 118 valence electrons. The largest absolute Gasteiger partial charge is 0.445 e. The van der Waals surface area contributed by atoms with Gasteiger partial charge in [0.1, 0.15) is 6.61 Å². The van der Waals surface area contributed by atoms with Gasteiger partial charge in [-0.05, 0) is 39.5 Å². The molecule has 0 aliphatic rings. The average Bonchev–Trinajstić information content (AvgIpc) is 2.90. The number of alkyl carbamates (subject to hydrolysis) is 1. The Kier molecular flexibility index (Phi) is 4.98. The van der Waals surface area contributed by atoms with Crippen molar-refractivity contribution in [3.8, 4) is 0 Å². The van der Waals surface area contributed by atoms with Gasteiger partial charge in [0, 0.05) is 17.4 Å². The Balaban J connectivity index is 1.50. The summed E-state index contributed by atoms with van der Waals surface area (Å²) in [6, 6.07) is 17.7. The molecule has 0 fully saturated rings. The van der Waals surface area contributed by atoms with Crippen LogP contribution in [-0.2, 0) is 17.8 Å². The van der Waals surface area contributed by atoms with E-state index in [0.717, 1.165) is 27.7 Å². The number of aromatic nitrogens is 1. The number of aromatic amines is 1. The normalized spacial score (nSPS) is 10.7. The van der Waals surface area contributed by atoms with Crippen molar-refractivity contribution in [1.82, 2.24) is 10.3 Å². The second-order valence-electron chi connectivity index (χ2n) is 5.20. The summed E-state index contributed by atoms with van der Waals surface area (Å²) >= 11 is 3.54. The molecular weight excluding hydrogens is 356 g/mol. The van der Waals surface area contributed by atoms with E-state index in [1.807, 2.05) is 48.5 Å². The number of ether oxygens (including phenoxy) is 1. The fourth-order valence-electron chi connectivity index (χ4n) is 2.48. The lowest BCUT2D eigenvalue weighted by atomic mass is 10.1. The summed E-state index contributed by atoms with van der Waals surface area (Å²) in [5.41, 5.74) is 3.21. The molecule has 3 aromatic rings. The van der Waals surface area contributed by atoms with Crippen molar-refractivity contribution < 1.29 is 9.53 Å². The van der Waals surface area contributed by atoms with E-state index in [2.05, 4.69) is 32.3 Å². The molecule has 0 aliphatic heterocycles. The highest BCUT2D eigenvalue weighted by atomic mass is 79.9. The molecule has 2 N–H and O–H groups in total. The number of hydrogen-bond acceptors (Lipinski definition) is 2. The molecule has 0 bridgehead atoms. The standard InChI is InChI=1S/C18H17BrN2O2/c19-17-15(14-8-4-5-9-16(14)21-17)10-11-20-18(22)23-12-13-6-2-1-3-7-13/h1-9,21H,10-12H2,(H,20,22). The minimum Gasteiger partial charge on any atom is -0.445 e. The molecule has 5 heteroatoms. The van der Waals surface area contributed by atoms with Crippen molar-refractivity contribution in [3.05, 3.63) is 70.3 Å². The number of fused-ring (bicyclic) bond motifs is 1. The zero-order valence-corrected chi connectivity index (χ0v) is 14.1. The summed E-state index contributed by atoms with van der Waals surface area (Å²) in [7, 11) is 0. The van der Waals surface area contributed by atoms with Crippen molar-refractivity contribution in [2.75, 3.05) is 6.54 Å². The number of carbonyl (C=O) groups excluding carboxylic acids is 1. The van der Waals surface area contributed by atoms with E-state index in [1.54, 1.807) is 0 Å². The second kappa shape index (κ2) is 7.33. The highest BCUT2D eigenvalue weighted by Gasteiger charge is 2.09. The van der Waals surface area contributed by atoms with Crippen LogP contribution in [-0.4, -0.2) is 17.6 Å². The molecule has 3 rings (SSSR count). The number of benzene rings is 2. The number of nitrogens with one attached hydrogen (secondary N) is 2. The van der Waals surface area contributed by atoms with Crippen LogP contribution in [0.25, 0.3) is 10.9 Å². The molecule has 0 unspecified atom stereocenters. The second-order valence-corrected chi connectivity index (χ2v) is 5.99. The van der Waals surface area contributed by atoms with Crippen LogP contribution in [0.2, 0.25) is 0 Å². The molecule has 0 atom stereocenters. The number of H-pyrrole nitrogens is 1. The van der Waals surface area contributed by atoms with Crippen LogP contribution in [0, 0.1) is 0 Å². The summed E-state index contributed by atoms with van der Waals surface area (Å²) < 4.78 is 6.15. The molecule has 0 saturated heterocycles. The van der Waals surface area contributed by atoms with E-state index in [1.165, 1.54) is 5.39 Å². The molecule has 1 aromatic heterocycles. The van der Waals surface area contributed by atoms with Gasteiger partial charge in [0.25, 0.3) is 0 Å². The van der Waals surface area contributed by atoms with E-state index in [9.17, 15) is 4.79 Å². The van der Waals surface area contributed by atoms with Gasteiger partial charge in [0.2, 0.25) is 0 Å². The first-order valence-electron chi connectivity index (χ1n) is 7.43. The summed E-state index contributed by atoms with van der Waals surface area (Å²) in [6.07, 6.45) is 0.329. The van der Waals surface area contributed by atoms with Crippen LogP contribution < -0.4 is 5.32 Å². The smallest absolute Gasteiger partial charge is 0.407 e. The summed E-state index contributed by atoms with van der Waals surface area (Å²) in [5, 5.41) is 3.95. The van der Waals surface area contributed by atoms with Crippen LogP contribution in [0.3, 0.4) is 0 Å². The van der Waals surface area contributed by atoms with E-state index < -0.39 is 6.09 Å². The Labute approximate surface area is 143 Å². The highest BCUT2D eigenvalue weighted by Crippen LogP contribution is 2.26. The van der Waals surface area contributed by atoms with E-state index >= 15 is 0 Å². The molecular formula is C18H17BrN2O2. The van der Waals surface area contributed by atoms with Crippen molar-refractivity contribution in [3.63, 3.8) is 0 Å². The minimum absolute atomic E-state index is 0.281. The lowest BCUT2D eigenvalue weighted by Gasteiger charge is -2.07. The Morgan fingerprint density at radius 1 is 1.09 bits per heavy atom. The predicted molar refractivity (Wildman–Crippen MR) is 94.3 cm³/mol. The Morgan fingerprint density at radius 3 is 2.65 bits per heavy atom. The van der Waals surface area contributed by atoms with Gasteiger partial charge in [0.15, 0.2) is 0 Å². The van der Waals surface area contributed by atoms with Crippen molar-refractivity contribution in [2.24, 2.45) is 0 Å². The van der Waals surface area contributed by atoms with Crippen molar-refractivity contribution in [2.45, 2.75) is 13.0 Å². The molecule has 0 saturated carbocycles. The third-order valence-electron chi connectivity index (χ3n) is 3.62. The summed E-state index contributed by atoms with van der Waals surface area (Å²) in [6.45, 7) is 0.803. The number of carbonyl (C=O) groups is 1. The molecule has 0 spiro atoms. The van der Waals surface area contributed by atoms with Crippen LogP contribution >= 0.6 is 15.9 Å². The topological polar surface area (TPSA) is 54.1 Å². The van der Waals surface area contributed by atoms with E-state index in [0.29, 0.717) is 6.54 Å². The maximum atomic E-state index is 11.7. The SMILES string of the molecule is O=C(NCCc1c(Br)[nH]c2ccccc12)OCc1ccccc1. The fourth-order valence-corrected chi connectivity index (χ4v) is 3.10. The highest BCUT2D eigenvalue weighted by molar-refractivity contribution is 9.10. The first kappa shape index (κ1) is 15.6. The van der Waals surface area contributed by atoms with Crippen LogP contribution in [0.15, 0.2) is 59.2 Å². The average molecular weight is 373 g/mol. The Morgan fingerprint density at radius 2 is 1.83 bits per heavy atom. The van der Waals surface area contributed by atoms with Crippen molar-refractivity contribution in [1.29, 1.82) is 0 Å². The number of para-hydroxylation sites is 1. The third kappa shape index (κ3) is 3.93. The summed E-state index contributed by atoms with van der Waals surface area (Å²) in [5.74, 6) is 0. The monoisotopic (exact) mass is 372 g/mol. The molecule has 4 nitrogen and oxygen atoms in total. The van der Waals surface area contributed by atoms with E-state index in [-0.39, 0.29) is 6.61 Å². The number of amides is 1. The molecule has 1 amide bonds. The maximum absolute atomic E-state index is 11.7. The van der Waals surface area contributed by atoms with Gasteiger partial charge in [-0.25, -0.2) is 4.79 Å². The van der Waals surface area contributed by atoms with Crippen LogP contribution in [0.5, 0.6) is 0 Å². The maximum Gasteiger partial charge on any atom is 0.407 e. The minimum atomic E-state index is -0.398. The number of halogens is 1. The van der Waals surface area contributed by atoms with Gasteiger partial charge in [-0.3, -0.25) is 0 Å². The molecule has 0 aliphatic carbocycles. The summed E-state index contributed by atoms with van der Waals surface area (Å²) in [4.78, 5) is 15.0. The van der Waals surface area contributed by atoms with Gasteiger partial charge in [-0.15, -0.1) is 0 Å². The lowest BCUT2D eigenvalue weighted by Crippen LogP contribution is -2.26. The van der Waals surface area contributed by atoms with Crippen molar-refractivity contribution >= 4 is 32.9 Å².